The molecule has 0 spiro atoms. The quantitative estimate of drug-likeness (QED) is 0.426. The average molecular weight is 595 g/mol. The lowest BCUT2D eigenvalue weighted by Crippen LogP contribution is -2.50. The Balaban J connectivity index is 1.72. The van der Waals surface area contributed by atoms with Crippen LogP contribution in [0.4, 0.5) is 0 Å². The normalized spacial score (nSPS) is 19.0. The number of fused-ring (bicyclic) bond motifs is 1. The first kappa shape index (κ1) is 31.1. The fraction of sp³-hybridized carbons (Fsp3) is 0.387. The Morgan fingerprint density at radius 3 is 2.48 bits per heavy atom. The van der Waals surface area contributed by atoms with Gasteiger partial charge >= 0.3 is 0 Å². The Hall–Kier alpha value is -3.80. The van der Waals surface area contributed by atoms with Crippen LogP contribution in [0, 0.1) is 5.92 Å². The van der Waals surface area contributed by atoms with Crippen molar-refractivity contribution in [2.45, 2.75) is 37.3 Å². The number of aromatic nitrogens is 1. The van der Waals surface area contributed by atoms with Crippen LogP contribution in [0.2, 0.25) is 0 Å². The predicted octanol–water partition coefficient (Wildman–Crippen LogP) is 2.92. The van der Waals surface area contributed by atoms with Gasteiger partial charge in [-0.3, -0.25) is 14.6 Å². The number of aliphatic hydroxyl groups is 1. The van der Waals surface area contributed by atoms with E-state index < -0.39 is 22.2 Å². The van der Waals surface area contributed by atoms with Gasteiger partial charge in [-0.25, -0.2) is 8.42 Å². The largest absolute Gasteiger partial charge is 0.487 e. The molecular formula is C31H38N4O6S. The summed E-state index contributed by atoms with van der Waals surface area (Å²) < 4.78 is 35.4. The van der Waals surface area contributed by atoms with Crippen molar-refractivity contribution in [1.82, 2.24) is 19.1 Å². The zero-order valence-electron chi connectivity index (χ0n) is 24.6. The van der Waals surface area contributed by atoms with Crippen LogP contribution in [-0.2, 0) is 21.2 Å². The molecule has 2 aromatic carbocycles. The number of rotatable bonds is 8. The lowest BCUT2D eigenvalue weighted by Gasteiger charge is -2.37. The number of hydrogen-bond donors (Lipinski definition) is 1. The van der Waals surface area contributed by atoms with E-state index in [1.165, 1.54) is 15.3 Å². The van der Waals surface area contributed by atoms with Crippen LogP contribution in [-0.4, -0.2) is 97.4 Å². The fourth-order valence-corrected chi connectivity index (χ4v) is 6.70. The van der Waals surface area contributed by atoms with Crippen molar-refractivity contribution in [3.05, 3.63) is 78.1 Å². The number of benzene rings is 2. The third kappa shape index (κ3) is 6.80. The maximum atomic E-state index is 13.8. The van der Waals surface area contributed by atoms with Gasteiger partial charge in [-0.05, 0) is 54.4 Å². The Bertz CT molecular complexity index is 1530. The standard InChI is InChI=1S/C31H38N4O6S/c1-21-18-35(22(2)20-36)42(39,40)29-13-12-24(23-9-8-10-25(15-23)31(38)33(3)4)16-27(29)41-28(21)19-34(5)30(37)17-26-11-6-7-14-32-26/h6-16,21-22,28,36H,17-20H2,1-5H3/t21-,22-,28-/m1/s1. The highest BCUT2D eigenvalue weighted by molar-refractivity contribution is 7.89. The molecule has 3 aromatic rings. The number of hydrogen-bond acceptors (Lipinski definition) is 7. The first-order valence-corrected chi connectivity index (χ1v) is 15.3. The molecule has 1 N–H and O–H groups in total. The van der Waals surface area contributed by atoms with Gasteiger partial charge in [-0.1, -0.05) is 31.2 Å². The van der Waals surface area contributed by atoms with Crippen LogP contribution in [0.5, 0.6) is 5.75 Å². The van der Waals surface area contributed by atoms with Crippen molar-refractivity contribution in [1.29, 1.82) is 0 Å². The third-order valence-electron chi connectivity index (χ3n) is 7.45. The molecule has 3 atom stereocenters. The van der Waals surface area contributed by atoms with Gasteiger partial charge < -0.3 is 19.6 Å². The monoisotopic (exact) mass is 594 g/mol. The molecule has 1 aliphatic heterocycles. The number of aliphatic hydroxyl groups excluding tert-OH is 1. The average Bonchev–Trinajstić information content (AvgIpc) is 2.98. The van der Waals surface area contributed by atoms with Crippen LogP contribution in [0.3, 0.4) is 0 Å². The molecule has 224 valence electrons. The van der Waals surface area contributed by atoms with E-state index in [1.54, 1.807) is 81.6 Å². The molecule has 0 radical (unpaired) electrons. The maximum Gasteiger partial charge on any atom is 0.253 e. The van der Waals surface area contributed by atoms with E-state index in [0.717, 1.165) is 5.56 Å². The van der Waals surface area contributed by atoms with Gasteiger partial charge in [0.2, 0.25) is 15.9 Å². The van der Waals surface area contributed by atoms with Gasteiger partial charge in [0.05, 0.1) is 19.6 Å². The first-order valence-electron chi connectivity index (χ1n) is 13.8. The lowest BCUT2D eigenvalue weighted by molar-refractivity contribution is -0.130. The fourth-order valence-electron chi connectivity index (χ4n) is 4.88. The molecular weight excluding hydrogens is 556 g/mol. The second-order valence-corrected chi connectivity index (χ2v) is 12.8. The van der Waals surface area contributed by atoms with E-state index >= 15 is 0 Å². The molecule has 2 amide bonds. The Morgan fingerprint density at radius 2 is 1.81 bits per heavy atom. The number of carbonyl (C=O) groups is 2. The zero-order valence-corrected chi connectivity index (χ0v) is 25.4. The summed E-state index contributed by atoms with van der Waals surface area (Å²) in [6.45, 7) is 3.50. The van der Waals surface area contributed by atoms with E-state index in [-0.39, 0.29) is 54.5 Å². The second kappa shape index (κ2) is 13.0. The van der Waals surface area contributed by atoms with Gasteiger partial charge in [-0.15, -0.1) is 0 Å². The number of sulfonamides is 1. The summed E-state index contributed by atoms with van der Waals surface area (Å²) in [6, 6.07) is 16.7. The Labute approximate surface area is 247 Å². The summed E-state index contributed by atoms with van der Waals surface area (Å²) in [5.74, 6) is -0.468. The van der Waals surface area contributed by atoms with Crippen molar-refractivity contribution < 1.29 is 27.9 Å². The Kier molecular flexibility index (Phi) is 9.65. The lowest BCUT2D eigenvalue weighted by atomic mass is 10.0. The number of pyridine rings is 1. The Morgan fingerprint density at radius 1 is 1.07 bits per heavy atom. The molecule has 1 aromatic heterocycles. The summed E-state index contributed by atoms with van der Waals surface area (Å²) >= 11 is 0. The van der Waals surface area contributed by atoms with E-state index in [4.69, 9.17) is 4.74 Å². The molecule has 0 saturated carbocycles. The second-order valence-electron chi connectivity index (χ2n) is 11.0. The van der Waals surface area contributed by atoms with Gasteiger partial charge in [-0.2, -0.15) is 4.31 Å². The van der Waals surface area contributed by atoms with Crippen LogP contribution >= 0.6 is 0 Å². The summed E-state index contributed by atoms with van der Waals surface area (Å²) in [4.78, 5) is 32.9. The van der Waals surface area contributed by atoms with Crippen LogP contribution in [0.25, 0.3) is 11.1 Å². The van der Waals surface area contributed by atoms with Crippen molar-refractivity contribution in [2.24, 2.45) is 5.92 Å². The SMILES string of the molecule is C[C@@H]1CN([C@H](C)CO)S(=O)(=O)c2ccc(-c3cccc(C(=O)N(C)C)c3)cc2O[C@@H]1CN(C)C(=O)Cc1ccccn1. The molecule has 2 heterocycles. The van der Waals surface area contributed by atoms with Gasteiger partial charge in [0.25, 0.3) is 5.91 Å². The molecule has 1 aliphatic rings. The van der Waals surface area contributed by atoms with Crippen molar-refractivity contribution in [3.8, 4) is 16.9 Å². The molecule has 0 bridgehead atoms. The van der Waals surface area contributed by atoms with E-state index in [0.29, 0.717) is 16.8 Å². The maximum absolute atomic E-state index is 13.8. The van der Waals surface area contributed by atoms with E-state index in [9.17, 15) is 23.1 Å². The molecule has 0 fully saturated rings. The minimum Gasteiger partial charge on any atom is -0.487 e. The summed E-state index contributed by atoms with van der Waals surface area (Å²) in [5.41, 5.74) is 2.55. The number of carbonyl (C=O) groups excluding carboxylic acids is 2. The molecule has 0 aliphatic carbocycles. The highest BCUT2D eigenvalue weighted by atomic mass is 32.2. The molecule has 11 heteroatoms. The minimum absolute atomic E-state index is 0.0218. The summed E-state index contributed by atoms with van der Waals surface area (Å²) in [5, 5.41) is 9.92. The number of nitrogens with zero attached hydrogens (tertiary/aromatic N) is 4. The van der Waals surface area contributed by atoms with E-state index in [1.807, 2.05) is 19.1 Å². The summed E-state index contributed by atoms with van der Waals surface area (Å²) in [7, 11) is 1.02. The van der Waals surface area contributed by atoms with Crippen molar-refractivity contribution >= 4 is 21.8 Å². The van der Waals surface area contributed by atoms with Crippen LogP contribution in [0.15, 0.2) is 71.8 Å². The van der Waals surface area contributed by atoms with Crippen LogP contribution < -0.4 is 4.74 Å². The molecule has 10 nitrogen and oxygen atoms in total. The summed E-state index contributed by atoms with van der Waals surface area (Å²) in [6.07, 6.45) is 1.21. The minimum atomic E-state index is -4.03. The van der Waals surface area contributed by atoms with Crippen molar-refractivity contribution in [2.75, 3.05) is 40.8 Å². The van der Waals surface area contributed by atoms with Crippen molar-refractivity contribution in [3.63, 3.8) is 0 Å². The third-order valence-corrected chi connectivity index (χ3v) is 9.47. The number of likely N-dealkylation sites (N-methyl/N-ethyl adjacent to an activating group) is 1. The smallest absolute Gasteiger partial charge is 0.253 e. The van der Waals surface area contributed by atoms with Crippen LogP contribution in [0.1, 0.15) is 29.9 Å². The number of amides is 2. The molecule has 4 rings (SSSR count). The molecule has 0 saturated heterocycles. The highest BCUT2D eigenvalue weighted by Gasteiger charge is 2.38. The predicted molar refractivity (Wildman–Crippen MR) is 159 cm³/mol. The first-order chi connectivity index (χ1) is 19.9. The molecule has 0 unspecified atom stereocenters. The zero-order chi connectivity index (χ0) is 30.6. The molecule has 42 heavy (non-hydrogen) atoms. The van der Waals surface area contributed by atoms with Gasteiger partial charge in [0, 0.05) is 57.1 Å². The number of ether oxygens (including phenoxy) is 1. The van der Waals surface area contributed by atoms with Gasteiger partial charge in [0.15, 0.2) is 0 Å². The van der Waals surface area contributed by atoms with Gasteiger partial charge in [0.1, 0.15) is 16.7 Å². The highest BCUT2D eigenvalue weighted by Crippen LogP contribution is 2.37. The topological polar surface area (TPSA) is 120 Å². The van der Waals surface area contributed by atoms with E-state index in [2.05, 4.69) is 4.98 Å².